The summed E-state index contributed by atoms with van der Waals surface area (Å²) in [4.78, 5) is 6.30. The number of nitrogens with zero attached hydrogens (tertiary/aromatic N) is 1. The lowest BCUT2D eigenvalue weighted by molar-refractivity contribution is -0.136. The maximum absolute atomic E-state index is 12.5. The van der Waals surface area contributed by atoms with Crippen molar-refractivity contribution in [2.45, 2.75) is 6.18 Å². The molecule has 2 rings (SSSR count). The molecule has 0 amide bonds. The van der Waals surface area contributed by atoms with E-state index in [0.717, 1.165) is 6.07 Å². The molecule has 0 radical (unpaired) electrons. The number of fused-ring (bicyclic) bond motifs is 1. The first-order valence-electron chi connectivity index (χ1n) is 3.68. The van der Waals surface area contributed by atoms with Crippen molar-refractivity contribution in [3.8, 4) is 0 Å². The molecule has 0 spiro atoms. The van der Waals surface area contributed by atoms with Crippen LogP contribution in [0.15, 0.2) is 18.5 Å². The molecule has 0 aliphatic carbocycles. The van der Waals surface area contributed by atoms with Crippen molar-refractivity contribution < 1.29 is 13.2 Å². The third-order valence-corrected chi connectivity index (χ3v) is 2.42. The zero-order valence-electron chi connectivity index (χ0n) is 6.69. The Labute approximate surface area is 90.7 Å². The van der Waals surface area contributed by atoms with Crippen molar-refractivity contribution in [2.24, 2.45) is 0 Å². The predicted molar refractivity (Wildman–Crippen MR) is 53.8 cm³/mol. The van der Waals surface area contributed by atoms with E-state index in [-0.39, 0.29) is 5.52 Å². The molecule has 2 aromatic rings. The van der Waals surface area contributed by atoms with E-state index in [4.69, 9.17) is 0 Å². The summed E-state index contributed by atoms with van der Waals surface area (Å²) in [6.07, 6.45) is -3.09. The van der Waals surface area contributed by atoms with Crippen LogP contribution < -0.4 is 0 Å². The monoisotopic (exact) mass is 312 g/mol. The Hall–Kier alpha value is -0.790. The number of alkyl halides is 3. The van der Waals surface area contributed by atoms with E-state index in [1.807, 2.05) is 22.6 Å². The molecular formula is C8H4F3IN2. The molecule has 1 aromatic heterocycles. The molecular weight excluding hydrogens is 308 g/mol. The molecule has 74 valence electrons. The average Bonchev–Trinajstić information content (AvgIpc) is 2.47. The molecule has 1 aromatic carbocycles. The quantitative estimate of drug-likeness (QED) is 0.744. The van der Waals surface area contributed by atoms with Gasteiger partial charge in [0.2, 0.25) is 0 Å². The summed E-state index contributed by atoms with van der Waals surface area (Å²) < 4.78 is 38.1. The fourth-order valence-corrected chi connectivity index (χ4v) is 1.85. The molecule has 0 saturated heterocycles. The third-order valence-electron chi connectivity index (χ3n) is 1.79. The van der Waals surface area contributed by atoms with Gasteiger partial charge in [0.25, 0.3) is 0 Å². The van der Waals surface area contributed by atoms with Gasteiger partial charge in [-0.1, -0.05) is 0 Å². The Morgan fingerprint density at radius 3 is 2.64 bits per heavy atom. The maximum atomic E-state index is 12.5. The first-order chi connectivity index (χ1) is 6.48. The second-order valence-corrected chi connectivity index (χ2v) is 4.00. The van der Waals surface area contributed by atoms with Crippen LogP contribution in [0.2, 0.25) is 0 Å². The van der Waals surface area contributed by atoms with Crippen LogP contribution in [0.5, 0.6) is 0 Å². The number of halogens is 4. The molecule has 0 unspecified atom stereocenters. The molecule has 6 heteroatoms. The van der Waals surface area contributed by atoms with Crippen molar-refractivity contribution in [1.29, 1.82) is 0 Å². The van der Waals surface area contributed by atoms with Gasteiger partial charge >= 0.3 is 6.18 Å². The smallest absolute Gasteiger partial charge is 0.345 e. The fraction of sp³-hybridized carbons (Fsp3) is 0.125. The molecule has 0 aliphatic rings. The van der Waals surface area contributed by atoms with Crippen molar-refractivity contribution in [3.05, 3.63) is 27.6 Å². The lowest BCUT2D eigenvalue weighted by atomic mass is 10.2. The van der Waals surface area contributed by atoms with Crippen LogP contribution in [0.4, 0.5) is 13.2 Å². The van der Waals surface area contributed by atoms with Crippen LogP contribution in [0.25, 0.3) is 11.0 Å². The third kappa shape index (κ3) is 1.58. The Morgan fingerprint density at radius 1 is 1.29 bits per heavy atom. The Morgan fingerprint density at radius 2 is 2.00 bits per heavy atom. The lowest BCUT2D eigenvalue weighted by Crippen LogP contribution is -2.06. The summed E-state index contributed by atoms with van der Waals surface area (Å²) in [5.41, 5.74) is -0.317. The molecule has 0 atom stereocenters. The van der Waals surface area contributed by atoms with Crippen LogP contribution in [0.3, 0.4) is 0 Å². The van der Waals surface area contributed by atoms with E-state index in [9.17, 15) is 13.2 Å². The van der Waals surface area contributed by atoms with E-state index in [2.05, 4.69) is 9.97 Å². The minimum absolute atomic E-state index is 0.0297. The van der Waals surface area contributed by atoms with Crippen LogP contribution >= 0.6 is 22.6 Å². The summed E-state index contributed by atoms with van der Waals surface area (Å²) in [5.74, 6) is 0. The number of hydrogen-bond acceptors (Lipinski definition) is 1. The van der Waals surface area contributed by atoms with Crippen LogP contribution in [-0.4, -0.2) is 9.97 Å². The van der Waals surface area contributed by atoms with Crippen molar-refractivity contribution in [2.75, 3.05) is 0 Å². The van der Waals surface area contributed by atoms with E-state index >= 15 is 0 Å². The molecule has 14 heavy (non-hydrogen) atoms. The molecule has 0 aliphatic heterocycles. The Kier molecular flexibility index (Phi) is 2.17. The first-order valence-corrected chi connectivity index (χ1v) is 4.76. The normalized spacial score (nSPS) is 12.3. The molecule has 1 heterocycles. The summed E-state index contributed by atoms with van der Waals surface area (Å²) in [5, 5.41) is 0. The largest absolute Gasteiger partial charge is 0.418 e. The lowest BCUT2D eigenvalue weighted by Gasteiger charge is -2.07. The van der Waals surface area contributed by atoms with Crippen molar-refractivity contribution in [1.82, 2.24) is 9.97 Å². The van der Waals surface area contributed by atoms with Gasteiger partial charge in [0.1, 0.15) is 5.52 Å². The van der Waals surface area contributed by atoms with E-state index in [1.54, 1.807) is 6.07 Å². The van der Waals surface area contributed by atoms with Crippen molar-refractivity contribution >= 4 is 33.6 Å². The highest BCUT2D eigenvalue weighted by Gasteiger charge is 2.33. The van der Waals surface area contributed by atoms with Gasteiger partial charge in [0.15, 0.2) is 0 Å². The Bertz CT molecular complexity index is 475. The molecule has 2 nitrogen and oxygen atoms in total. The number of imidazole rings is 1. The zero-order valence-corrected chi connectivity index (χ0v) is 8.85. The molecule has 1 N–H and O–H groups in total. The maximum Gasteiger partial charge on any atom is 0.418 e. The van der Waals surface area contributed by atoms with Crippen molar-refractivity contribution in [3.63, 3.8) is 0 Å². The van der Waals surface area contributed by atoms with Gasteiger partial charge in [-0.05, 0) is 34.7 Å². The highest BCUT2D eigenvalue weighted by Crippen LogP contribution is 2.34. The topological polar surface area (TPSA) is 28.7 Å². The Balaban J connectivity index is 2.80. The van der Waals surface area contributed by atoms with Gasteiger partial charge < -0.3 is 4.98 Å². The molecule has 0 saturated carbocycles. The van der Waals surface area contributed by atoms with Gasteiger partial charge in [0, 0.05) is 3.57 Å². The fourth-order valence-electron chi connectivity index (χ4n) is 1.23. The van der Waals surface area contributed by atoms with Gasteiger partial charge in [-0.15, -0.1) is 0 Å². The summed E-state index contributed by atoms with van der Waals surface area (Å²) in [6, 6.07) is 2.71. The summed E-state index contributed by atoms with van der Waals surface area (Å²) in [7, 11) is 0. The SMILES string of the molecule is FC(F)(F)c1cc(I)cc2[nH]cnc12. The highest BCUT2D eigenvalue weighted by molar-refractivity contribution is 14.1. The first kappa shape index (κ1) is 9.75. The van der Waals surface area contributed by atoms with E-state index in [1.165, 1.54) is 6.33 Å². The predicted octanol–water partition coefficient (Wildman–Crippen LogP) is 3.19. The molecule has 0 fully saturated rings. The number of aromatic nitrogens is 2. The van der Waals surface area contributed by atoms with Gasteiger partial charge in [-0.25, -0.2) is 4.98 Å². The highest BCUT2D eigenvalue weighted by atomic mass is 127. The molecule has 0 bridgehead atoms. The number of aromatic amines is 1. The minimum Gasteiger partial charge on any atom is -0.345 e. The second kappa shape index (κ2) is 3.11. The zero-order chi connectivity index (χ0) is 10.3. The summed E-state index contributed by atoms with van der Waals surface area (Å²) in [6.45, 7) is 0. The standard InChI is InChI=1S/C8H4F3IN2/c9-8(10,11)5-1-4(12)2-6-7(5)14-3-13-6/h1-3H,(H,13,14). The van der Waals surface area contributed by atoms with E-state index in [0.29, 0.717) is 9.09 Å². The van der Waals surface area contributed by atoms with Gasteiger partial charge in [-0.2, -0.15) is 13.2 Å². The second-order valence-electron chi connectivity index (χ2n) is 2.75. The van der Waals surface area contributed by atoms with Crippen LogP contribution in [0.1, 0.15) is 5.56 Å². The minimum atomic E-state index is -4.35. The van der Waals surface area contributed by atoms with Crippen LogP contribution in [0, 0.1) is 3.57 Å². The average molecular weight is 312 g/mol. The number of hydrogen-bond donors (Lipinski definition) is 1. The van der Waals surface area contributed by atoms with Gasteiger partial charge in [-0.3, -0.25) is 0 Å². The number of rotatable bonds is 0. The van der Waals surface area contributed by atoms with E-state index < -0.39 is 11.7 Å². The number of nitrogens with one attached hydrogen (secondary N) is 1. The number of H-pyrrole nitrogens is 1. The number of benzene rings is 1. The van der Waals surface area contributed by atoms with Crippen LogP contribution in [-0.2, 0) is 6.18 Å². The summed E-state index contributed by atoms with van der Waals surface area (Å²) >= 11 is 1.84. The van der Waals surface area contributed by atoms with Gasteiger partial charge in [0.05, 0.1) is 17.4 Å².